The molecule has 1 aliphatic rings. The Morgan fingerprint density at radius 2 is 2.44 bits per heavy atom. The largest absolute Gasteiger partial charge is 0.378 e. The van der Waals surface area contributed by atoms with Gasteiger partial charge < -0.3 is 10.1 Å². The topological polar surface area (TPSA) is 21.3 Å². The fraction of sp³-hybridized carbons (Fsp3) is 0.714. The van der Waals surface area contributed by atoms with Gasteiger partial charge in [-0.25, -0.2) is 0 Å². The van der Waals surface area contributed by atoms with Crippen LogP contribution in [0.4, 0.5) is 0 Å². The molecule has 0 saturated carbocycles. The predicted octanol–water partition coefficient (Wildman–Crippen LogP) is 4.43. The highest BCUT2D eigenvalue weighted by Crippen LogP contribution is 2.34. The van der Waals surface area contributed by atoms with Gasteiger partial charge >= 0.3 is 0 Å². The lowest BCUT2D eigenvalue weighted by Gasteiger charge is -2.22. The van der Waals surface area contributed by atoms with Crippen molar-refractivity contribution in [2.75, 3.05) is 13.2 Å². The van der Waals surface area contributed by atoms with Gasteiger partial charge in [-0.2, -0.15) is 0 Å². The number of rotatable bonds is 6. The van der Waals surface area contributed by atoms with E-state index in [9.17, 15) is 0 Å². The summed E-state index contributed by atoms with van der Waals surface area (Å²) in [6, 6.07) is 2.71. The molecule has 0 amide bonds. The van der Waals surface area contributed by atoms with Crippen molar-refractivity contribution in [2.45, 2.75) is 51.7 Å². The van der Waals surface area contributed by atoms with Gasteiger partial charge in [0, 0.05) is 17.5 Å². The second-order valence-electron chi connectivity index (χ2n) is 4.94. The monoisotopic (exact) mass is 331 g/mol. The van der Waals surface area contributed by atoms with Crippen LogP contribution in [0, 0.1) is 6.92 Å². The quantitative estimate of drug-likeness (QED) is 0.832. The maximum Gasteiger partial charge on any atom is 0.0704 e. The van der Waals surface area contributed by atoms with Gasteiger partial charge in [0.1, 0.15) is 0 Å². The molecule has 2 heterocycles. The fourth-order valence-electron chi connectivity index (χ4n) is 2.54. The molecule has 0 aliphatic carbocycles. The number of halogens is 1. The van der Waals surface area contributed by atoms with Crippen molar-refractivity contribution in [1.29, 1.82) is 0 Å². The molecule has 1 fully saturated rings. The highest BCUT2D eigenvalue weighted by atomic mass is 79.9. The highest BCUT2D eigenvalue weighted by Gasteiger charge is 2.23. The van der Waals surface area contributed by atoms with E-state index in [2.05, 4.69) is 41.2 Å². The first-order valence-corrected chi connectivity index (χ1v) is 8.42. The van der Waals surface area contributed by atoms with Crippen molar-refractivity contribution >= 4 is 27.3 Å². The second kappa shape index (κ2) is 7.04. The van der Waals surface area contributed by atoms with E-state index in [0.29, 0.717) is 12.1 Å². The molecule has 1 N–H and O–H groups in total. The smallest absolute Gasteiger partial charge is 0.0704 e. The van der Waals surface area contributed by atoms with Crippen LogP contribution in [0.3, 0.4) is 0 Å². The molecule has 2 atom stereocenters. The van der Waals surface area contributed by atoms with Gasteiger partial charge in [0.2, 0.25) is 0 Å². The SMILES string of the molecule is CCCNC(CC1CCCO1)c1cc(Br)sc1C. The Balaban J connectivity index is 2.05. The van der Waals surface area contributed by atoms with Crippen LogP contribution in [0.5, 0.6) is 0 Å². The fourth-order valence-corrected chi connectivity index (χ4v) is 4.31. The van der Waals surface area contributed by atoms with Crippen LogP contribution in [0.25, 0.3) is 0 Å². The van der Waals surface area contributed by atoms with Crippen molar-refractivity contribution in [3.63, 3.8) is 0 Å². The first kappa shape index (κ1) is 14.5. The lowest BCUT2D eigenvalue weighted by molar-refractivity contribution is 0.0945. The van der Waals surface area contributed by atoms with Crippen LogP contribution in [-0.4, -0.2) is 19.3 Å². The summed E-state index contributed by atoms with van der Waals surface area (Å²) in [4.78, 5) is 1.41. The van der Waals surface area contributed by atoms with Crippen molar-refractivity contribution in [1.82, 2.24) is 5.32 Å². The van der Waals surface area contributed by atoms with Crippen molar-refractivity contribution in [2.24, 2.45) is 0 Å². The minimum Gasteiger partial charge on any atom is -0.378 e. The van der Waals surface area contributed by atoms with Crippen LogP contribution in [0.1, 0.15) is 49.1 Å². The van der Waals surface area contributed by atoms with E-state index in [1.54, 1.807) is 0 Å². The van der Waals surface area contributed by atoms with Gasteiger partial charge in [0.05, 0.1) is 9.89 Å². The minimum absolute atomic E-state index is 0.440. The van der Waals surface area contributed by atoms with Gasteiger partial charge in [0.15, 0.2) is 0 Å². The zero-order valence-corrected chi connectivity index (χ0v) is 13.6. The van der Waals surface area contributed by atoms with Crippen molar-refractivity contribution < 1.29 is 4.74 Å². The molecule has 2 unspecified atom stereocenters. The molecular weight excluding hydrogens is 310 g/mol. The van der Waals surface area contributed by atoms with E-state index in [1.165, 1.54) is 33.5 Å². The molecule has 2 rings (SSSR count). The molecule has 102 valence electrons. The zero-order valence-electron chi connectivity index (χ0n) is 11.2. The third kappa shape index (κ3) is 3.80. The van der Waals surface area contributed by atoms with Crippen LogP contribution in [0.15, 0.2) is 9.85 Å². The third-order valence-corrected chi connectivity index (χ3v) is 5.03. The van der Waals surface area contributed by atoms with E-state index < -0.39 is 0 Å². The summed E-state index contributed by atoms with van der Waals surface area (Å²) < 4.78 is 7.01. The van der Waals surface area contributed by atoms with Gasteiger partial charge in [-0.05, 0) is 66.7 Å². The maximum absolute atomic E-state index is 5.78. The molecular formula is C14H22BrNOS. The number of nitrogens with one attached hydrogen (secondary N) is 1. The van der Waals surface area contributed by atoms with Gasteiger partial charge in [-0.1, -0.05) is 6.92 Å². The molecule has 1 saturated heterocycles. The summed E-state index contributed by atoms with van der Waals surface area (Å²) in [6.07, 6.45) is 5.15. The molecule has 1 aliphatic heterocycles. The summed E-state index contributed by atoms with van der Waals surface area (Å²) in [5.74, 6) is 0. The van der Waals surface area contributed by atoms with E-state index in [-0.39, 0.29) is 0 Å². The lowest BCUT2D eigenvalue weighted by atomic mass is 10.00. The Kier molecular flexibility index (Phi) is 5.67. The molecule has 0 bridgehead atoms. The van der Waals surface area contributed by atoms with Crippen LogP contribution >= 0.6 is 27.3 Å². The Morgan fingerprint density at radius 3 is 3.00 bits per heavy atom. The molecule has 1 aromatic heterocycles. The van der Waals surface area contributed by atoms with E-state index in [0.717, 1.165) is 19.6 Å². The number of aryl methyl sites for hydroxylation is 1. The summed E-state index contributed by atoms with van der Waals surface area (Å²) in [5.41, 5.74) is 1.44. The third-order valence-electron chi connectivity index (χ3n) is 3.46. The second-order valence-corrected chi connectivity index (χ2v) is 7.58. The molecule has 18 heavy (non-hydrogen) atoms. The lowest BCUT2D eigenvalue weighted by Crippen LogP contribution is -2.26. The molecule has 1 aromatic rings. The number of ether oxygens (including phenoxy) is 1. The van der Waals surface area contributed by atoms with Gasteiger partial charge in [0.25, 0.3) is 0 Å². The van der Waals surface area contributed by atoms with Crippen molar-refractivity contribution in [3.05, 3.63) is 20.3 Å². The zero-order chi connectivity index (χ0) is 13.0. The first-order valence-electron chi connectivity index (χ1n) is 6.81. The Bertz CT molecular complexity index is 374. The maximum atomic E-state index is 5.78. The molecule has 0 spiro atoms. The highest BCUT2D eigenvalue weighted by molar-refractivity contribution is 9.11. The average molecular weight is 332 g/mol. The summed E-state index contributed by atoms with van der Waals surface area (Å²) in [7, 11) is 0. The van der Waals surface area contributed by atoms with Crippen LogP contribution in [-0.2, 0) is 4.74 Å². The number of thiophene rings is 1. The van der Waals surface area contributed by atoms with Crippen LogP contribution in [0.2, 0.25) is 0 Å². The molecule has 0 aromatic carbocycles. The van der Waals surface area contributed by atoms with Gasteiger partial charge in [-0.15, -0.1) is 11.3 Å². The summed E-state index contributed by atoms with van der Waals surface area (Å²) in [5, 5.41) is 3.67. The van der Waals surface area contributed by atoms with Crippen LogP contribution < -0.4 is 5.32 Å². The average Bonchev–Trinajstić information content (AvgIpc) is 2.94. The number of hydrogen-bond acceptors (Lipinski definition) is 3. The Labute approximate surface area is 122 Å². The first-order chi connectivity index (χ1) is 8.70. The van der Waals surface area contributed by atoms with Gasteiger partial charge in [-0.3, -0.25) is 0 Å². The Hall–Kier alpha value is 0.1000. The minimum atomic E-state index is 0.440. The Morgan fingerprint density at radius 1 is 1.61 bits per heavy atom. The van der Waals surface area contributed by atoms with Crippen molar-refractivity contribution in [3.8, 4) is 0 Å². The summed E-state index contributed by atoms with van der Waals surface area (Å²) in [6.45, 7) is 6.44. The van der Waals surface area contributed by atoms with E-state index in [1.807, 2.05) is 11.3 Å². The van der Waals surface area contributed by atoms with E-state index in [4.69, 9.17) is 4.74 Å². The summed E-state index contributed by atoms with van der Waals surface area (Å²) >= 11 is 5.42. The molecule has 2 nitrogen and oxygen atoms in total. The number of hydrogen-bond donors (Lipinski definition) is 1. The normalized spacial score (nSPS) is 21.4. The van der Waals surface area contributed by atoms with E-state index >= 15 is 0 Å². The standard InChI is InChI=1S/C14H22BrNOS/c1-3-6-16-13(8-11-5-4-7-17-11)12-9-14(15)18-10(12)2/h9,11,13,16H,3-8H2,1-2H3. The predicted molar refractivity (Wildman–Crippen MR) is 81.4 cm³/mol. The molecule has 0 radical (unpaired) electrons. The molecule has 4 heteroatoms.